The predicted octanol–water partition coefficient (Wildman–Crippen LogP) is 10.0. The number of hydrogen-bond acceptors (Lipinski definition) is 4. The average molecular weight is 561 g/mol. The van der Waals surface area contributed by atoms with Gasteiger partial charge in [0.05, 0.1) is 5.52 Å². The van der Waals surface area contributed by atoms with Crippen LogP contribution in [-0.4, -0.2) is 19.9 Å². The molecular weight excluding hydrogens is 536 g/mol. The Morgan fingerprint density at radius 3 is 1.43 bits per heavy atom. The SMILES string of the molecule is c1ccc2cc3c(-c4nc(-c5ccc6ncccc6c5)nc(-c5cccc6cc7ccccc7cc56)n4)cccc3cc2c1. The minimum absolute atomic E-state index is 0.631. The Morgan fingerprint density at radius 2 is 0.841 bits per heavy atom. The molecule has 0 aliphatic carbocycles. The first-order valence-electron chi connectivity index (χ1n) is 14.7. The standard InChI is InChI=1S/C40H24N4/c1-3-10-27-23-35-29(20-25(27)8-1)12-5-15-33(35)39-42-38(32-17-18-37-31(22-32)14-7-19-41-37)43-40(44-39)34-16-6-13-30-21-26-9-2-4-11-28(26)24-36(30)34/h1-24H. The first-order chi connectivity index (χ1) is 21.8. The lowest BCUT2D eigenvalue weighted by molar-refractivity contribution is 1.08. The molecule has 0 unspecified atom stereocenters. The molecule has 0 atom stereocenters. The summed E-state index contributed by atoms with van der Waals surface area (Å²) in [6.45, 7) is 0. The van der Waals surface area contributed by atoms with Crippen LogP contribution >= 0.6 is 0 Å². The molecule has 0 aliphatic heterocycles. The van der Waals surface area contributed by atoms with E-state index in [1.54, 1.807) is 0 Å². The lowest BCUT2D eigenvalue weighted by Crippen LogP contribution is -2.01. The molecule has 0 amide bonds. The zero-order valence-corrected chi connectivity index (χ0v) is 23.6. The average Bonchev–Trinajstić information content (AvgIpc) is 3.09. The predicted molar refractivity (Wildman–Crippen MR) is 181 cm³/mol. The maximum absolute atomic E-state index is 5.19. The normalized spacial score (nSPS) is 11.6. The topological polar surface area (TPSA) is 51.6 Å². The van der Waals surface area contributed by atoms with Gasteiger partial charge >= 0.3 is 0 Å². The van der Waals surface area contributed by atoms with E-state index in [0.29, 0.717) is 17.5 Å². The molecule has 2 heterocycles. The van der Waals surface area contributed by atoms with Gasteiger partial charge in [-0.05, 0) is 91.6 Å². The van der Waals surface area contributed by atoms with Gasteiger partial charge < -0.3 is 0 Å². The first-order valence-corrected chi connectivity index (χ1v) is 14.7. The van der Waals surface area contributed by atoms with Crippen molar-refractivity contribution in [2.45, 2.75) is 0 Å². The van der Waals surface area contributed by atoms with Crippen molar-refractivity contribution in [1.29, 1.82) is 0 Å². The molecule has 2 aromatic heterocycles. The van der Waals surface area contributed by atoms with Crippen LogP contribution in [-0.2, 0) is 0 Å². The van der Waals surface area contributed by atoms with Crippen LogP contribution in [0.2, 0.25) is 0 Å². The smallest absolute Gasteiger partial charge is 0.164 e. The van der Waals surface area contributed by atoms with Gasteiger partial charge in [-0.15, -0.1) is 0 Å². The van der Waals surface area contributed by atoms with E-state index in [0.717, 1.165) is 49.1 Å². The Bertz CT molecular complexity index is 2430. The minimum atomic E-state index is 0.631. The number of nitrogens with zero attached hydrogens (tertiary/aromatic N) is 4. The number of hydrogen-bond donors (Lipinski definition) is 0. The van der Waals surface area contributed by atoms with E-state index in [4.69, 9.17) is 15.0 Å². The van der Waals surface area contributed by atoms with E-state index in [2.05, 4.69) is 126 Å². The lowest BCUT2D eigenvalue weighted by Gasteiger charge is -2.13. The maximum Gasteiger partial charge on any atom is 0.164 e. The summed E-state index contributed by atoms with van der Waals surface area (Å²) in [5, 5.41) is 10.4. The van der Waals surface area contributed by atoms with Crippen LogP contribution in [0.5, 0.6) is 0 Å². The molecule has 4 heteroatoms. The second-order valence-electron chi connectivity index (χ2n) is 11.2. The Morgan fingerprint density at radius 1 is 0.341 bits per heavy atom. The number of benzene rings is 7. The number of aromatic nitrogens is 4. The molecule has 0 fully saturated rings. The van der Waals surface area contributed by atoms with Crippen molar-refractivity contribution in [2.75, 3.05) is 0 Å². The van der Waals surface area contributed by atoms with Crippen molar-refractivity contribution >= 4 is 54.0 Å². The van der Waals surface area contributed by atoms with Crippen molar-refractivity contribution in [1.82, 2.24) is 19.9 Å². The fourth-order valence-electron chi connectivity index (χ4n) is 6.28. The van der Waals surface area contributed by atoms with Gasteiger partial charge in [-0.2, -0.15) is 0 Å². The fraction of sp³-hybridized carbons (Fsp3) is 0. The highest BCUT2D eigenvalue weighted by Crippen LogP contribution is 2.35. The molecule has 7 aromatic carbocycles. The maximum atomic E-state index is 5.19. The van der Waals surface area contributed by atoms with Crippen LogP contribution in [0, 0.1) is 0 Å². The van der Waals surface area contributed by atoms with E-state index in [1.807, 2.05) is 24.4 Å². The Kier molecular flexibility index (Phi) is 5.47. The number of rotatable bonds is 3. The van der Waals surface area contributed by atoms with Gasteiger partial charge in [0.25, 0.3) is 0 Å². The van der Waals surface area contributed by atoms with Gasteiger partial charge in [0.1, 0.15) is 0 Å². The molecule has 4 nitrogen and oxygen atoms in total. The third-order valence-electron chi connectivity index (χ3n) is 8.47. The van der Waals surface area contributed by atoms with E-state index < -0.39 is 0 Å². The molecule has 0 spiro atoms. The van der Waals surface area contributed by atoms with Crippen molar-refractivity contribution in [3.63, 3.8) is 0 Å². The molecule has 0 bridgehead atoms. The summed E-state index contributed by atoms with van der Waals surface area (Å²) in [6.07, 6.45) is 1.82. The summed E-state index contributed by atoms with van der Waals surface area (Å²) >= 11 is 0. The Hall–Kier alpha value is -6.00. The van der Waals surface area contributed by atoms with Gasteiger partial charge in [0, 0.05) is 28.3 Å². The molecule has 0 radical (unpaired) electrons. The van der Waals surface area contributed by atoms with Crippen molar-refractivity contribution in [3.8, 4) is 34.2 Å². The number of pyridine rings is 1. The third kappa shape index (κ3) is 4.08. The highest BCUT2D eigenvalue weighted by atomic mass is 15.0. The highest BCUT2D eigenvalue weighted by molar-refractivity contribution is 6.06. The summed E-state index contributed by atoms with van der Waals surface area (Å²) in [5.74, 6) is 1.93. The van der Waals surface area contributed by atoms with Gasteiger partial charge in [-0.1, -0.05) is 91.0 Å². The highest BCUT2D eigenvalue weighted by Gasteiger charge is 2.17. The largest absolute Gasteiger partial charge is 0.256 e. The first kappa shape index (κ1) is 24.6. The van der Waals surface area contributed by atoms with Crippen LogP contribution in [0.3, 0.4) is 0 Å². The van der Waals surface area contributed by atoms with E-state index in [-0.39, 0.29) is 0 Å². The zero-order chi connectivity index (χ0) is 29.0. The summed E-state index contributed by atoms with van der Waals surface area (Å²) in [6, 6.07) is 48.8. The van der Waals surface area contributed by atoms with Gasteiger partial charge in [0.15, 0.2) is 17.5 Å². The van der Waals surface area contributed by atoms with Gasteiger partial charge in [-0.3, -0.25) is 4.98 Å². The summed E-state index contributed by atoms with van der Waals surface area (Å²) in [7, 11) is 0. The van der Waals surface area contributed by atoms with Crippen LogP contribution in [0.25, 0.3) is 88.2 Å². The molecular formula is C40H24N4. The van der Waals surface area contributed by atoms with Gasteiger partial charge in [-0.25, -0.2) is 15.0 Å². The minimum Gasteiger partial charge on any atom is -0.256 e. The van der Waals surface area contributed by atoms with Crippen molar-refractivity contribution in [2.24, 2.45) is 0 Å². The van der Waals surface area contributed by atoms with Crippen LogP contribution in [0.15, 0.2) is 146 Å². The van der Waals surface area contributed by atoms with E-state index in [9.17, 15) is 0 Å². The quantitative estimate of drug-likeness (QED) is 0.202. The number of fused-ring (bicyclic) bond motifs is 5. The van der Waals surface area contributed by atoms with Crippen LogP contribution in [0.1, 0.15) is 0 Å². The Labute approximate surface area is 253 Å². The van der Waals surface area contributed by atoms with Crippen LogP contribution in [0.4, 0.5) is 0 Å². The monoisotopic (exact) mass is 560 g/mol. The van der Waals surface area contributed by atoms with Crippen molar-refractivity contribution < 1.29 is 0 Å². The molecule has 0 N–H and O–H groups in total. The second-order valence-corrected chi connectivity index (χ2v) is 11.2. The summed E-state index contributed by atoms with van der Waals surface area (Å²) in [5.41, 5.74) is 3.82. The second kappa shape index (κ2) is 9.79. The lowest BCUT2D eigenvalue weighted by atomic mass is 9.98. The summed E-state index contributed by atoms with van der Waals surface area (Å²) in [4.78, 5) is 19.9. The molecule has 0 saturated carbocycles. The molecule has 0 saturated heterocycles. The Balaban J connectivity index is 1.33. The molecule has 44 heavy (non-hydrogen) atoms. The molecule has 9 rings (SSSR count). The zero-order valence-electron chi connectivity index (χ0n) is 23.6. The van der Waals surface area contributed by atoms with Gasteiger partial charge in [0.2, 0.25) is 0 Å². The fourth-order valence-corrected chi connectivity index (χ4v) is 6.28. The van der Waals surface area contributed by atoms with E-state index >= 15 is 0 Å². The molecule has 9 aromatic rings. The summed E-state index contributed by atoms with van der Waals surface area (Å²) < 4.78 is 0. The van der Waals surface area contributed by atoms with Crippen LogP contribution < -0.4 is 0 Å². The van der Waals surface area contributed by atoms with E-state index in [1.165, 1.54) is 21.5 Å². The molecule has 204 valence electrons. The van der Waals surface area contributed by atoms with Crippen molar-refractivity contribution in [3.05, 3.63) is 146 Å². The third-order valence-corrected chi connectivity index (χ3v) is 8.47. The molecule has 0 aliphatic rings.